The summed E-state index contributed by atoms with van der Waals surface area (Å²) in [5.74, 6) is -0.0544. The Morgan fingerprint density at radius 2 is 1.82 bits per heavy atom. The first-order valence-electron chi connectivity index (χ1n) is 8.54. The average molecular weight is 407 g/mol. The molecule has 2 aromatic rings. The molecule has 1 heterocycles. The molecule has 150 valence electrons. The first kappa shape index (κ1) is 21.4. The van der Waals surface area contributed by atoms with Crippen LogP contribution in [0.4, 0.5) is 11.4 Å². The van der Waals surface area contributed by atoms with Gasteiger partial charge in [-0.05, 0) is 27.7 Å². The third-order valence-corrected chi connectivity index (χ3v) is 4.37. The molecule has 1 amide bonds. The molecule has 1 aromatic heterocycles. The van der Waals surface area contributed by atoms with Gasteiger partial charge < -0.3 is 14.8 Å². The third kappa shape index (κ3) is 5.52. The minimum atomic E-state index is -0.557. The maximum absolute atomic E-state index is 12.3. The van der Waals surface area contributed by atoms with E-state index in [2.05, 4.69) is 20.5 Å². The van der Waals surface area contributed by atoms with Gasteiger partial charge in [-0.25, -0.2) is 4.98 Å². The lowest BCUT2D eigenvalue weighted by Crippen LogP contribution is -2.16. The highest BCUT2D eigenvalue weighted by Gasteiger charge is 2.21. The first-order chi connectivity index (χ1) is 13.3. The van der Waals surface area contributed by atoms with E-state index in [0.717, 1.165) is 23.1 Å². The van der Waals surface area contributed by atoms with Crippen LogP contribution in [-0.2, 0) is 4.79 Å². The number of nitrogens with one attached hydrogen (secondary N) is 1. The third-order valence-electron chi connectivity index (χ3n) is 3.54. The number of hydrogen-bond donors (Lipinski definition) is 1. The molecule has 0 aliphatic rings. The molecule has 0 fully saturated rings. The highest BCUT2D eigenvalue weighted by molar-refractivity contribution is 7.99. The summed E-state index contributed by atoms with van der Waals surface area (Å²) in [5, 5.41) is 22.2. The Bertz CT molecular complexity index is 877. The number of ether oxygens (including phenoxy) is 2. The van der Waals surface area contributed by atoms with Crippen LogP contribution < -0.4 is 14.8 Å². The smallest absolute Gasteiger partial charge is 0.314 e. The molecule has 2 rings (SSSR count). The van der Waals surface area contributed by atoms with Crippen molar-refractivity contribution in [2.45, 2.75) is 32.9 Å². The lowest BCUT2D eigenvalue weighted by Gasteiger charge is -2.14. The standard InChI is InChI=1S/C17H21N5O5S/c1-5-26-14-8-13(22(24)25)15(27-6-2)7-12(14)19-16(23)9-28-17-18-10(3)11(4)20-21-17/h7-8H,5-6,9H2,1-4H3,(H,19,23). The fraction of sp³-hybridized carbons (Fsp3) is 0.412. The zero-order chi connectivity index (χ0) is 20.7. The molecule has 0 atom stereocenters. The topological polar surface area (TPSA) is 129 Å². The molecule has 11 heteroatoms. The number of aryl methyl sites for hydroxylation is 2. The van der Waals surface area contributed by atoms with E-state index in [1.54, 1.807) is 20.8 Å². The van der Waals surface area contributed by atoms with Crippen LogP contribution in [-0.4, -0.2) is 45.0 Å². The molecule has 0 unspecified atom stereocenters. The SMILES string of the molecule is CCOc1cc([N+](=O)[O-])c(OCC)cc1NC(=O)CSc1nnc(C)c(C)n1. The van der Waals surface area contributed by atoms with Gasteiger partial charge in [-0.2, -0.15) is 5.10 Å². The van der Waals surface area contributed by atoms with E-state index < -0.39 is 4.92 Å². The fourth-order valence-electron chi connectivity index (χ4n) is 2.15. The van der Waals surface area contributed by atoms with E-state index in [1.807, 2.05) is 6.92 Å². The van der Waals surface area contributed by atoms with Crippen molar-refractivity contribution in [3.63, 3.8) is 0 Å². The van der Waals surface area contributed by atoms with Gasteiger partial charge in [0.2, 0.25) is 11.1 Å². The number of carbonyl (C=O) groups is 1. The molecular weight excluding hydrogens is 386 g/mol. The Labute approximate surface area is 166 Å². The van der Waals surface area contributed by atoms with Crippen LogP contribution in [0.2, 0.25) is 0 Å². The van der Waals surface area contributed by atoms with E-state index in [4.69, 9.17) is 9.47 Å². The molecule has 10 nitrogen and oxygen atoms in total. The van der Waals surface area contributed by atoms with Crippen molar-refractivity contribution in [1.82, 2.24) is 15.2 Å². The van der Waals surface area contributed by atoms with E-state index >= 15 is 0 Å². The number of nitrogens with zero attached hydrogens (tertiary/aromatic N) is 4. The van der Waals surface area contributed by atoms with Gasteiger partial charge in [0.1, 0.15) is 5.75 Å². The molecule has 0 aliphatic heterocycles. The molecule has 1 N–H and O–H groups in total. The zero-order valence-corrected chi connectivity index (χ0v) is 16.8. The Morgan fingerprint density at radius 1 is 1.14 bits per heavy atom. The Kier molecular flexibility index (Phi) is 7.50. The van der Waals surface area contributed by atoms with Crippen LogP contribution in [0.25, 0.3) is 0 Å². The van der Waals surface area contributed by atoms with Gasteiger partial charge in [0.15, 0.2) is 5.75 Å². The second-order valence-electron chi connectivity index (χ2n) is 5.54. The van der Waals surface area contributed by atoms with Gasteiger partial charge in [0.05, 0.1) is 47.0 Å². The summed E-state index contributed by atoms with van der Waals surface area (Å²) >= 11 is 1.14. The molecule has 0 saturated carbocycles. The highest BCUT2D eigenvalue weighted by atomic mass is 32.2. The second-order valence-corrected chi connectivity index (χ2v) is 6.48. The number of thioether (sulfide) groups is 1. The number of rotatable bonds is 9. The van der Waals surface area contributed by atoms with E-state index in [1.165, 1.54) is 12.1 Å². The maximum atomic E-state index is 12.3. The highest BCUT2D eigenvalue weighted by Crippen LogP contribution is 2.38. The van der Waals surface area contributed by atoms with Crippen molar-refractivity contribution in [2.24, 2.45) is 0 Å². The zero-order valence-electron chi connectivity index (χ0n) is 16.0. The number of aromatic nitrogens is 3. The summed E-state index contributed by atoms with van der Waals surface area (Å²) in [6.07, 6.45) is 0. The van der Waals surface area contributed by atoms with Gasteiger partial charge in [-0.1, -0.05) is 11.8 Å². The average Bonchev–Trinajstić information content (AvgIpc) is 2.64. The van der Waals surface area contributed by atoms with Crippen molar-refractivity contribution >= 4 is 29.0 Å². The van der Waals surface area contributed by atoms with Gasteiger partial charge >= 0.3 is 5.69 Å². The Hall–Kier alpha value is -2.95. The number of nitro groups is 1. The van der Waals surface area contributed by atoms with Crippen LogP contribution in [0.15, 0.2) is 17.3 Å². The van der Waals surface area contributed by atoms with Crippen LogP contribution in [0.3, 0.4) is 0 Å². The van der Waals surface area contributed by atoms with E-state index in [-0.39, 0.29) is 42.1 Å². The maximum Gasteiger partial charge on any atom is 0.314 e. The number of benzene rings is 1. The molecule has 0 spiro atoms. The molecular formula is C17H21N5O5S. The number of carbonyl (C=O) groups excluding carboxylic acids is 1. The summed E-state index contributed by atoms with van der Waals surface area (Å²) in [4.78, 5) is 27.3. The van der Waals surface area contributed by atoms with Crippen LogP contribution in [0.5, 0.6) is 11.5 Å². The number of hydrogen-bond acceptors (Lipinski definition) is 9. The van der Waals surface area contributed by atoms with Gasteiger partial charge in [0, 0.05) is 6.07 Å². The monoisotopic (exact) mass is 407 g/mol. The predicted molar refractivity (Wildman–Crippen MR) is 104 cm³/mol. The summed E-state index contributed by atoms with van der Waals surface area (Å²) in [6.45, 7) is 7.60. The summed E-state index contributed by atoms with van der Waals surface area (Å²) < 4.78 is 10.8. The van der Waals surface area contributed by atoms with Gasteiger partial charge in [0.25, 0.3) is 0 Å². The van der Waals surface area contributed by atoms with Crippen molar-refractivity contribution < 1.29 is 19.2 Å². The molecule has 1 aromatic carbocycles. The molecule has 28 heavy (non-hydrogen) atoms. The summed E-state index contributed by atoms with van der Waals surface area (Å²) in [6, 6.07) is 2.64. The summed E-state index contributed by atoms with van der Waals surface area (Å²) in [7, 11) is 0. The number of nitro benzene ring substituents is 1. The normalized spacial score (nSPS) is 10.4. The van der Waals surface area contributed by atoms with Crippen LogP contribution in [0, 0.1) is 24.0 Å². The van der Waals surface area contributed by atoms with E-state index in [0.29, 0.717) is 10.8 Å². The van der Waals surface area contributed by atoms with Crippen molar-refractivity contribution in [3.8, 4) is 11.5 Å². The first-order valence-corrected chi connectivity index (χ1v) is 9.52. The lowest BCUT2D eigenvalue weighted by molar-refractivity contribution is -0.385. The minimum absolute atomic E-state index is 0.0384. The molecule has 0 bridgehead atoms. The number of amides is 1. The van der Waals surface area contributed by atoms with E-state index in [9.17, 15) is 14.9 Å². The van der Waals surface area contributed by atoms with Crippen molar-refractivity contribution in [2.75, 3.05) is 24.3 Å². The van der Waals surface area contributed by atoms with Crippen molar-refractivity contribution in [1.29, 1.82) is 0 Å². The van der Waals surface area contributed by atoms with Crippen molar-refractivity contribution in [3.05, 3.63) is 33.6 Å². The molecule has 0 radical (unpaired) electrons. The quantitative estimate of drug-likeness (QED) is 0.379. The second kappa shape index (κ2) is 9.83. The largest absolute Gasteiger partial charge is 0.491 e. The number of anilines is 1. The van der Waals surface area contributed by atoms with Crippen LogP contribution >= 0.6 is 11.8 Å². The Balaban J connectivity index is 2.17. The molecule has 0 aliphatic carbocycles. The van der Waals surface area contributed by atoms with Gasteiger partial charge in [-0.15, -0.1) is 5.10 Å². The predicted octanol–water partition coefficient (Wildman–Crippen LogP) is 2.92. The minimum Gasteiger partial charge on any atom is -0.491 e. The van der Waals surface area contributed by atoms with Gasteiger partial charge in [-0.3, -0.25) is 14.9 Å². The van der Waals surface area contributed by atoms with Crippen LogP contribution in [0.1, 0.15) is 25.2 Å². The summed E-state index contributed by atoms with van der Waals surface area (Å²) in [5.41, 5.74) is 1.53. The molecule has 0 saturated heterocycles. The fourth-order valence-corrected chi connectivity index (χ4v) is 2.78. The lowest BCUT2D eigenvalue weighted by atomic mass is 10.2. The Morgan fingerprint density at radius 3 is 2.43 bits per heavy atom.